The van der Waals surface area contributed by atoms with Crippen molar-refractivity contribution in [1.82, 2.24) is 4.90 Å². The van der Waals surface area contributed by atoms with Gasteiger partial charge in [0.25, 0.3) is 0 Å². The second kappa shape index (κ2) is 12.4. The number of amides is 1. The Kier molecular flexibility index (Phi) is 9.09. The van der Waals surface area contributed by atoms with E-state index in [1.54, 1.807) is 58.0 Å². The number of esters is 1. The van der Waals surface area contributed by atoms with E-state index < -0.39 is 71.2 Å². The molecular formula is C38H46F5NO6. The molecule has 7 atom stereocenters. The van der Waals surface area contributed by atoms with Crippen molar-refractivity contribution in [3.8, 4) is 0 Å². The van der Waals surface area contributed by atoms with Gasteiger partial charge in [0, 0.05) is 24.3 Å². The number of carbonyl (C=O) groups is 3. The van der Waals surface area contributed by atoms with Gasteiger partial charge in [-0.15, -0.1) is 0 Å². The molecule has 2 saturated carbocycles. The minimum absolute atomic E-state index is 0.0137. The molecular weight excluding hydrogens is 661 g/mol. The molecule has 50 heavy (non-hydrogen) atoms. The lowest BCUT2D eigenvalue weighted by Crippen LogP contribution is -2.65. The molecule has 1 amide bonds. The van der Waals surface area contributed by atoms with E-state index in [4.69, 9.17) is 9.47 Å². The highest BCUT2D eigenvalue weighted by Gasteiger charge is 2.79. The fourth-order valence-corrected chi connectivity index (χ4v) is 9.59. The van der Waals surface area contributed by atoms with Gasteiger partial charge in [-0.2, -0.15) is 22.0 Å². The summed E-state index contributed by atoms with van der Waals surface area (Å²) in [4.78, 5) is 39.7. The molecule has 1 aromatic carbocycles. The minimum Gasteiger partial charge on any atom is -0.456 e. The standard InChI is InChI=1S/C38H46F5NO6/c1-21(49-32(46)30-7-6-18-44(30)33(47)50-34(2,3)4)22-8-10-23(11-9-22)28-20-35(5)29(16-17-36(35,48)37(39,40)38(41,42)43)27-14-12-24-19-25(45)13-15-26(24)31(27)28/h8-11,19,21,27-30,48H,6-7,12-18,20H2,1-5H3/t21?,27-,28+,29-,30-,35-,36-/m0/s1. The number of likely N-dealkylation sites (tertiary alicyclic amines) is 1. The number of alkyl halides is 5. The highest BCUT2D eigenvalue weighted by Crippen LogP contribution is 2.70. The normalized spacial score (nSPS) is 32.2. The van der Waals surface area contributed by atoms with Crippen LogP contribution >= 0.6 is 0 Å². The van der Waals surface area contributed by atoms with Gasteiger partial charge in [0.2, 0.25) is 0 Å². The molecule has 1 heterocycles. The summed E-state index contributed by atoms with van der Waals surface area (Å²) in [6, 6.07) is 6.27. The van der Waals surface area contributed by atoms with E-state index in [9.17, 15) is 32.7 Å². The van der Waals surface area contributed by atoms with Crippen LogP contribution in [-0.4, -0.2) is 63.7 Å². The Hall–Kier alpha value is -3.28. The van der Waals surface area contributed by atoms with Gasteiger partial charge in [0.05, 0.1) is 0 Å². The first kappa shape index (κ1) is 36.5. The van der Waals surface area contributed by atoms with Crippen LogP contribution in [0, 0.1) is 17.3 Å². The first-order valence-corrected chi connectivity index (χ1v) is 17.6. The number of ether oxygens (including phenoxy) is 2. The predicted molar refractivity (Wildman–Crippen MR) is 173 cm³/mol. The second-order valence-corrected chi connectivity index (χ2v) is 16.0. The Morgan fingerprint density at radius 2 is 1.68 bits per heavy atom. The van der Waals surface area contributed by atoms with Crippen LogP contribution in [0.1, 0.15) is 116 Å². The van der Waals surface area contributed by atoms with Crippen molar-refractivity contribution in [2.24, 2.45) is 17.3 Å². The number of hydrogen-bond acceptors (Lipinski definition) is 6. The van der Waals surface area contributed by atoms with Crippen molar-refractivity contribution < 1.29 is 50.9 Å². The van der Waals surface area contributed by atoms with Gasteiger partial charge in [-0.05, 0) is 119 Å². The number of aliphatic hydroxyl groups is 1. The number of ketones is 1. The lowest BCUT2D eigenvalue weighted by molar-refractivity contribution is -0.362. The van der Waals surface area contributed by atoms with E-state index >= 15 is 8.78 Å². The maximum Gasteiger partial charge on any atom is 0.456 e. The van der Waals surface area contributed by atoms with E-state index in [-0.39, 0.29) is 24.5 Å². The third kappa shape index (κ3) is 5.96. The quantitative estimate of drug-likeness (QED) is 0.244. The Morgan fingerprint density at radius 1 is 1.00 bits per heavy atom. The summed E-state index contributed by atoms with van der Waals surface area (Å²) >= 11 is 0. The summed E-state index contributed by atoms with van der Waals surface area (Å²) < 4.78 is 83.5. The third-order valence-corrected chi connectivity index (χ3v) is 12.0. The van der Waals surface area contributed by atoms with E-state index in [2.05, 4.69) is 0 Å². The Morgan fingerprint density at radius 3 is 2.32 bits per heavy atom. The number of carbonyl (C=O) groups excluding carboxylic acids is 3. The summed E-state index contributed by atoms with van der Waals surface area (Å²) in [5.41, 5.74) is -1.57. The topological polar surface area (TPSA) is 93.1 Å². The smallest absolute Gasteiger partial charge is 0.456 e. The summed E-state index contributed by atoms with van der Waals surface area (Å²) in [6.07, 6.45) is -3.46. The molecule has 0 bridgehead atoms. The van der Waals surface area contributed by atoms with E-state index in [1.165, 1.54) is 11.8 Å². The molecule has 274 valence electrons. The molecule has 1 aliphatic heterocycles. The van der Waals surface area contributed by atoms with Crippen LogP contribution in [-0.2, 0) is 19.1 Å². The fourth-order valence-electron chi connectivity index (χ4n) is 9.59. The zero-order chi connectivity index (χ0) is 36.6. The van der Waals surface area contributed by atoms with Crippen LogP contribution in [0.5, 0.6) is 0 Å². The van der Waals surface area contributed by atoms with Gasteiger partial charge in [-0.25, -0.2) is 9.59 Å². The molecule has 3 fully saturated rings. The summed E-state index contributed by atoms with van der Waals surface area (Å²) in [6.45, 7) is 8.70. The molecule has 0 aromatic heterocycles. The monoisotopic (exact) mass is 707 g/mol. The van der Waals surface area contributed by atoms with Gasteiger partial charge < -0.3 is 14.6 Å². The molecule has 1 saturated heterocycles. The molecule has 6 rings (SSSR count). The highest BCUT2D eigenvalue weighted by atomic mass is 19.4. The van der Waals surface area contributed by atoms with Crippen LogP contribution in [0.25, 0.3) is 0 Å². The van der Waals surface area contributed by atoms with E-state index in [0.717, 1.165) is 16.7 Å². The average Bonchev–Trinajstić information content (AvgIpc) is 3.63. The molecule has 0 radical (unpaired) electrons. The van der Waals surface area contributed by atoms with Crippen LogP contribution in [0.4, 0.5) is 26.7 Å². The lowest BCUT2D eigenvalue weighted by Gasteiger charge is -2.56. The minimum atomic E-state index is -5.92. The zero-order valence-corrected chi connectivity index (χ0v) is 29.2. The van der Waals surface area contributed by atoms with Crippen molar-refractivity contribution in [2.45, 2.75) is 134 Å². The van der Waals surface area contributed by atoms with E-state index in [1.807, 2.05) is 0 Å². The number of halogens is 5. The van der Waals surface area contributed by atoms with Gasteiger partial charge in [0.1, 0.15) is 23.3 Å². The first-order valence-electron chi connectivity index (χ1n) is 17.6. The third-order valence-electron chi connectivity index (χ3n) is 12.0. The molecule has 0 spiro atoms. The van der Waals surface area contributed by atoms with Crippen molar-refractivity contribution in [2.75, 3.05) is 6.54 Å². The van der Waals surface area contributed by atoms with Crippen molar-refractivity contribution in [3.63, 3.8) is 0 Å². The number of hydrogen-bond donors (Lipinski definition) is 1. The fraction of sp³-hybridized carbons (Fsp3) is 0.658. The van der Waals surface area contributed by atoms with Crippen LogP contribution in [0.15, 0.2) is 47.1 Å². The lowest BCUT2D eigenvalue weighted by atomic mass is 9.50. The molecule has 1 unspecified atom stereocenters. The van der Waals surface area contributed by atoms with Crippen LogP contribution in [0.3, 0.4) is 0 Å². The summed E-state index contributed by atoms with van der Waals surface area (Å²) in [5.74, 6) is -7.35. The Bertz CT molecular complexity index is 1610. The van der Waals surface area contributed by atoms with Gasteiger partial charge >= 0.3 is 24.2 Å². The SMILES string of the molecule is CC(OC(=O)[C@@H]1CCCN1C(=O)OC(C)(C)C)c1ccc([C@H]2C[C@@]3(C)[C@@H](CC[C@@]3(O)C(F)(F)C(F)(F)F)[C@@H]3CCC4=CC(=O)CCC4=C32)cc1. The number of rotatable bonds is 5. The number of nitrogens with zero attached hydrogens (tertiary/aromatic N) is 1. The highest BCUT2D eigenvalue weighted by molar-refractivity contribution is 5.93. The van der Waals surface area contributed by atoms with Gasteiger partial charge in [-0.1, -0.05) is 36.8 Å². The van der Waals surface area contributed by atoms with Crippen molar-refractivity contribution in [3.05, 3.63) is 58.2 Å². The average molecular weight is 708 g/mol. The molecule has 5 aliphatic rings. The maximum atomic E-state index is 15.3. The second-order valence-electron chi connectivity index (χ2n) is 16.0. The van der Waals surface area contributed by atoms with Crippen molar-refractivity contribution >= 4 is 17.8 Å². The summed E-state index contributed by atoms with van der Waals surface area (Å²) in [7, 11) is 0. The molecule has 7 nitrogen and oxygen atoms in total. The molecule has 4 aliphatic carbocycles. The Labute approximate surface area is 289 Å². The van der Waals surface area contributed by atoms with Crippen LogP contribution < -0.4 is 0 Å². The predicted octanol–water partition coefficient (Wildman–Crippen LogP) is 8.52. The molecule has 1 aromatic rings. The molecule has 1 N–H and O–H groups in total. The Balaban J connectivity index is 1.30. The van der Waals surface area contributed by atoms with Gasteiger partial charge in [-0.3, -0.25) is 9.69 Å². The molecule has 12 heteroatoms. The maximum absolute atomic E-state index is 15.3. The number of benzene rings is 1. The summed E-state index contributed by atoms with van der Waals surface area (Å²) in [5, 5.41) is 11.5. The number of allylic oxidation sites excluding steroid dienone is 4. The number of fused-ring (bicyclic) bond motifs is 4. The van der Waals surface area contributed by atoms with Crippen molar-refractivity contribution in [1.29, 1.82) is 0 Å². The van der Waals surface area contributed by atoms with Gasteiger partial charge in [0.15, 0.2) is 5.78 Å². The van der Waals surface area contributed by atoms with Crippen LogP contribution in [0.2, 0.25) is 0 Å². The van der Waals surface area contributed by atoms with E-state index in [0.29, 0.717) is 56.2 Å². The zero-order valence-electron chi connectivity index (χ0n) is 29.2. The first-order chi connectivity index (χ1) is 23.2. The largest absolute Gasteiger partial charge is 0.456 e.